The van der Waals surface area contributed by atoms with Crippen molar-refractivity contribution < 1.29 is 13.9 Å². The van der Waals surface area contributed by atoms with Crippen molar-refractivity contribution in [2.45, 2.75) is 18.4 Å². The van der Waals surface area contributed by atoms with Crippen molar-refractivity contribution in [3.8, 4) is 0 Å². The molecule has 1 aromatic heterocycles. The second kappa shape index (κ2) is 4.65. The molecule has 0 fully saturated rings. The van der Waals surface area contributed by atoms with Gasteiger partial charge in [0.25, 0.3) is 12.0 Å². The van der Waals surface area contributed by atoms with Crippen LogP contribution in [-0.2, 0) is 11.9 Å². The largest absolute Gasteiger partial charge is 0.391 e. The Morgan fingerprint density at radius 3 is 2.57 bits per heavy atom. The smallest absolute Gasteiger partial charge is 0.265 e. The molecule has 0 aliphatic carbocycles. The van der Waals surface area contributed by atoms with E-state index < -0.39 is 18.6 Å². The van der Waals surface area contributed by atoms with Gasteiger partial charge in [0.05, 0.1) is 6.61 Å². The molecule has 78 valence electrons. The maximum Gasteiger partial charge on any atom is 0.265 e. The fraction of sp³-hybridized carbons (Fsp3) is 0.375. The topological polar surface area (TPSA) is 53.1 Å². The van der Waals surface area contributed by atoms with Crippen LogP contribution in [0.2, 0.25) is 0 Å². The van der Waals surface area contributed by atoms with Crippen molar-refractivity contribution in [2.75, 3.05) is 0 Å². The molecular weight excluding hydrogens is 260 g/mol. The summed E-state index contributed by atoms with van der Waals surface area (Å²) in [6.07, 6.45) is -1.69. The molecule has 0 saturated heterocycles. The Kier molecular flexibility index (Phi) is 3.77. The number of pyridine rings is 1. The average Bonchev–Trinajstić information content (AvgIpc) is 2.16. The van der Waals surface area contributed by atoms with E-state index in [-0.39, 0.29) is 22.0 Å². The third-order valence-corrected chi connectivity index (χ3v) is 2.43. The Labute approximate surface area is 86.9 Å². The first kappa shape index (κ1) is 11.3. The van der Waals surface area contributed by atoms with Gasteiger partial charge in [-0.15, -0.1) is 0 Å². The summed E-state index contributed by atoms with van der Waals surface area (Å²) < 4.78 is 24.9. The van der Waals surface area contributed by atoms with Gasteiger partial charge >= 0.3 is 0 Å². The molecule has 0 atom stereocenters. The van der Waals surface area contributed by atoms with E-state index in [0.717, 1.165) is 6.20 Å². The lowest BCUT2D eigenvalue weighted by Gasteiger charge is -2.09. The molecule has 6 heteroatoms. The molecule has 3 nitrogen and oxygen atoms in total. The van der Waals surface area contributed by atoms with E-state index in [1.54, 1.807) is 0 Å². The Balaban J connectivity index is 3.40. The quantitative estimate of drug-likeness (QED) is 0.820. The predicted octanol–water partition coefficient (Wildman–Crippen LogP) is 1.70. The molecule has 1 heterocycles. The first-order valence-electron chi connectivity index (χ1n) is 3.80. The van der Waals surface area contributed by atoms with E-state index in [9.17, 15) is 13.6 Å². The van der Waals surface area contributed by atoms with Crippen LogP contribution in [0.4, 0.5) is 8.78 Å². The third kappa shape index (κ3) is 2.01. The normalized spacial score (nSPS) is 10.9. The predicted molar refractivity (Wildman–Crippen MR) is 50.6 cm³/mol. The van der Waals surface area contributed by atoms with Gasteiger partial charge in [0, 0.05) is 22.7 Å². The number of hydrogen-bond donors (Lipinski definition) is 2. The molecule has 0 radical (unpaired) electrons. The van der Waals surface area contributed by atoms with E-state index >= 15 is 0 Å². The number of halogens is 3. The fourth-order valence-corrected chi connectivity index (χ4v) is 1.81. The van der Waals surface area contributed by atoms with Crippen LogP contribution in [0.3, 0.4) is 0 Å². The van der Waals surface area contributed by atoms with Gasteiger partial charge in [-0.3, -0.25) is 4.79 Å². The second-order valence-corrected chi connectivity index (χ2v) is 3.18. The molecule has 0 amide bonds. The Morgan fingerprint density at radius 1 is 1.50 bits per heavy atom. The van der Waals surface area contributed by atoms with Crippen molar-refractivity contribution in [3.63, 3.8) is 0 Å². The first-order valence-corrected chi connectivity index (χ1v) is 4.92. The molecule has 0 unspecified atom stereocenters. The maximum atomic E-state index is 12.4. The Morgan fingerprint density at radius 2 is 2.14 bits per heavy atom. The number of alkyl halides is 3. The van der Waals surface area contributed by atoms with Gasteiger partial charge in [0.2, 0.25) is 0 Å². The van der Waals surface area contributed by atoms with Crippen molar-refractivity contribution in [1.29, 1.82) is 0 Å². The van der Waals surface area contributed by atoms with Gasteiger partial charge < -0.3 is 10.1 Å². The van der Waals surface area contributed by atoms with Gasteiger partial charge in [-0.2, -0.15) is 0 Å². The molecule has 0 bridgehead atoms. The minimum absolute atomic E-state index is 0.0142. The van der Waals surface area contributed by atoms with Gasteiger partial charge in [0.1, 0.15) is 0 Å². The van der Waals surface area contributed by atoms with Gasteiger partial charge in [-0.25, -0.2) is 8.78 Å². The lowest BCUT2D eigenvalue weighted by molar-refractivity contribution is 0.149. The molecule has 0 aliphatic rings. The van der Waals surface area contributed by atoms with Gasteiger partial charge in [-0.05, 0) is 5.56 Å². The minimum atomic E-state index is -2.66. The van der Waals surface area contributed by atoms with E-state index in [2.05, 4.69) is 20.9 Å². The number of aliphatic hydroxyl groups excluding tert-OH is 1. The molecule has 1 aromatic rings. The minimum Gasteiger partial charge on any atom is -0.391 e. The molecule has 0 aromatic carbocycles. The highest BCUT2D eigenvalue weighted by molar-refractivity contribution is 9.08. The Hall–Kier alpha value is -0.750. The van der Waals surface area contributed by atoms with Crippen LogP contribution in [-0.4, -0.2) is 10.1 Å². The monoisotopic (exact) mass is 267 g/mol. The second-order valence-electron chi connectivity index (χ2n) is 2.62. The average molecular weight is 268 g/mol. The molecule has 0 aliphatic heterocycles. The Bertz CT molecular complexity index is 378. The first-order chi connectivity index (χ1) is 6.61. The zero-order chi connectivity index (χ0) is 10.7. The SMILES string of the molecule is O=c1[nH]cc(C(F)F)c(CBr)c1CO. The summed E-state index contributed by atoms with van der Waals surface area (Å²) in [5, 5.41) is 8.97. The zero-order valence-corrected chi connectivity index (χ0v) is 8.64. The number of hydrogen-bond acceptors (Lipinski definition) is 2. The number of aromatic amines is 1. The highest BCUT2D eigenvalue weighted by Gasteiger charge is 2.17. The molecule has 0 saturated carbocycles. The number of nitrogens with one attached hydrogen (secondary N) is 1. The van der Waals surface area contributed by atoms with Crippen LogP contribution in [0.1, 0.15) is 23.1 Å². The van der Waals surface area contributed by atoms with Crippen LogP contribution in [0, 0.1) is 0 Å². The molecule has 0 spiro atoms. The summed E-state index contributed by atoms with van der Waals surface area (Å²) in [6.45, 7) is -0.545. The van der Waals surface area contributed by atoms with Crippen molar-refractivity contribution in [1.82, 2.24) is 4.98 Å². The van der Waals surface area contributed by atoms with E-state index in [4.69, 9.17) is 5.11 Å². The van der Waals surface area contributed by atoms with Crippen molar-refractivity contribution in [3.05, 3.63) is 33.2 Å². The summed E-state index contributed by atoms with van der Waals surface area (Å²) in [7, 11) is 0. The van der Waals surface area contributed by atoms with Crippen LogP contribution in [0.15, 0.2) is 11.0 Å². The summed E-state index contributed by atoms with van der Waals surface area (Å²) in [4.78, 5) is 13.3. The van der Waals surface area contributed by atoms with Crippen LogP contribution in [0.25, 0.3) is 0 Å². The van der Waals surface area contributed by atoms with Gasteiger partial charge in [-0.1, -0.05) is 15.9 Å². The van der Waals surface area contributed by atoms with Crippen molar-refractivity contribution >= 4 is 15.9 Å². The summed E-state index contributed by atoms with van der Waals surface area (Å²) in [5.74, 6) is 0. The standard InChI is InChI=1S/C8H8BrF2NO2/c9-1-4-5(7(10)11)2-12-8(14)6(4)3-13/h2,7,13H,1,3H2,(H,12,14). The highest BCUT2D eigenvalue weighted by atomic mass is 79.9. The summed E-state index contributed by atoms with van der Waals surface area (Å²) in [5.41, 5.74) is -0.650. The molecular formula is C8H8BrF2NO2. The zero-order valence-electron chi connectivity index (χ0n) is 7.06. The highest BCUT2D eigenvalue weighted by Crippen LogP contribution is 2.24. The molecule has 1 rings (SSSR count). The van der Waals surface area contributed by atoms with E-state index in [1.165, 1.54) is 0 Å². The number of aliphatic hydroxyl groups is 1. The number of aromatic nitrogens is 1. The summed E-state index contributed by atoms with van der Waals surface area (Å²) >= 11 is 3.01. The fourth-order valence-electron chi connectivity index (χ4n) is 1.15. The third-order valence-electron chi connectivity index (χ3n) is 1.87. The maximum absolute atomic E-state index is 12.4. The van der Waals surface area contributed by atoms with Crippen LogP contribution < -0.4 is 5.56 Å². The van der Waals surface area contributed by atoms with E-state index in [0.29, 0.717) is 0 Å². The number of H-pyrrole nitrogens is 1. The lowest BCUT2D eigenvalue weighted by Crippen LogP contribution is -2.17. The lowest BCUT2D eigenvalue weighted by atomic mass is 10.1. The number of rotatable bonds is 3. The van der Waals surface area contributed by atoms with E-state index in [1.807, 2.05) is 0 Å². The van der Waals surface area contributed by atoms with Crippen molar-refractivity contribution in [2.24, 2.45) is 0 Å². The summed E-state index contributed by atoms with van der Waals surface area (Å²) in [6, 6.07) is 0. The van der Waals surface area contributed by atoms with Crippen LogP contribution in [0.5, 0.6) is 0 Å². The molecule has 2 N–H and O–H groups in total. The van der Waals surface area contributed by atoms with Crippen LogP contribution >= 0.6 is 15.9 Å². The molecule has 14 heavy (non-hydrogen) atoms. The van der Waals surface area contributed by atoms with Gasteiger partial charge in [0.15, 0.2) is 0 Å².